The van der Waals surface area contributed by atoms with Crippen molar-refractivity contribution in [1.82, 2.24) is 5.32 Å². The highest BCUT2D eigenvalue weighted by Crippen LogP contribution is 2.32. The molecule has 1 saturated carbocycles. The minimum absolute atomic E-state index is 0.000786. The van der Waals surface area contributed by atoms with Crippen LogP contribution in [-0.4, -0.2) is 30.2 Å². The standard InChI is InChI=1S/C18H25N3O2S/c19-11-15(12-4-2-1-3-5-12)21-18(23)13-6-7-16-14(10-13)20-17(22)8-9-24-16/h6-7,10,12,15H,1-5,8-9,11,19H2,(H,20,22)(H,21,23). The zero-order valence-corrected chi connectivity index (χ0v) is 14.7. The monoisotopic (exact) mass is 347 g/mol. The third-order valence-corrected chi connectivity index (χ3v) is 5.97. The lowest BCUT2D eigenvalue weighted by Gasteiger charge is -2.30. The molecule has 0 saturated heterocycles. The van der Waals surface area contributed by atoms with Gasteiger partial charge in [0.2, 0.25) is 5.91 Å². The van der Waals surface area contributed by atoms with Crippen LogP contribution >= 0.6 is 11.8 Å². The van der Waals surface area contributed by atoms with Gasteiger partial charge in [-0.05, 0) is 37.0 Å². The Hall–Kier alpha value is -1.53. The number of hydrogen-bond acceptors (Lipinski definition) is 4. The molecular weight excluding hydrogens is 322 g/mol. The molecule has 1 aliphatic carbocycles. The first-order valence-corrected chi connectivity index (χ1v) is 9.73. The summed E-state index contributed by atoms with van der Waals surface area (Å²) in [6.07, 6.45) is 6.50. The van der Waals surface area contributed by atoms with E-state index in [-0.39, 0.29) is 17.9 Å². The van der Waals surface area contributed by atoms with Crippen molar-refractivity contribution in [3.8, 4) is 0 Å². The molecule has 1 aromatic rings. The SMILES string of the molecule is NCC(NC(=O)c1ccc2c(c1)NC(=O)CCS2)C1CCCCC1. The highest BCUT2D eigenvalue weighted by Gasteiger charge is 2.25. The molecular formula is C18H25N3O2S. The Bertz CT molecular complexity index is 614. The van der Waals surface area contributed by atoms with Gasteiger partial charge in [-0.3, -0.25) is 9.59 Å². The van der Waals surface area contributed by atoms with E-state index in [1.165, 1.54) is 19.3 Å². The van der Waals surface area contributed by atoms with Crippen LogP contribution in [0, 0.1) is 5.92 Å². The molecule has 130 valence electrons. The number of hydrogen-bond donors (Lipinski definition) is 3. The largest absolute Gasteiger partial charge is 0.348 e. The van der Waals surface area contributed by atoms with Gasteiger partial charge in [0.1, 0.15) is 0 Å². The van der Waals surface area contributed by atoms with Crippen molar-refractivity contribution in [3.05, 3.63) is 23.8 Å². The molecule has 0 aromatic heterocycles. The van der Waals surface area contributed by atoms with Gasteiger partial charge in [0.05, 0.1) is 5.69 Å². The molecule has 2 amide bonds. The van der Waals surface area contributed by atoms with Crippen LogP contribution in [0.25, 0.3) is 0 Å². The molecule has 1 aromatic carbocycles. The van der Waals surface area contributed by atoms with Gasteiger partial charge in [-0.1, -0.05) is 19.3 Å². The number of fused-ring (bicyclic) bond motifs is 1. The van der Waals surface area contributed by atoms with Crippen molar-refractivity contribution >= 4 is 29.3 Å². The first-order chi connectivity index (χ1) is 11.7. The van der Waals surface area contributed by atoms with E-state index in [2.05, 4.69) is 10.6 Å². The number of carbonyl (C=O) groups excluding carboxylic acids is 2. The van der Waals surface area contributed by atoms with Crippen molar-refractivity contribution < 1.29 is 9.59 Å². The van der Waals surface area contributed by atoms with Gasteiger partial charge in [-0.15, -0.1) is 11.8 Å². The van der Waals surface area contributed by atoms with E-state index in [9.17, 15) is 9.59 Å². The Morgan fingerprint density at radius 3 is 2.88 bits per heavy atom. The predicted octanol–water partition coefficient (Wildman–Crippen LogP) is 2.76. The summed E-state index contributed by atoms with van der Waals surface area (Å²) < 4.78 is 0. The van der Waals surface area contributed by atoms with Crippen molar-refractivity contribution in [1.29, 1.82) is 0 Å². The molecule has 1 unspecified atom stereocenters. The lowest BCUT2D eigenvalue weighted by molar-refractivity contribution is -0.115. The van der Waals surface area contributed by atoms with Crippen LogP contribution < -0.4 is 16.4 Å². The van der Waals surface area contributed by atoms with Gasteiger partial charge in [0.15, 0.2) is 0 Å². The summed E-state index contributed by atoms with van der Waals surface area (Å²) in [6.45, 7) is 0.466. The Morgan fingerprint density at radius 2 is 2.12 bits per heavy atom. The Labute approximate surface area is 147 Å². The van der Waals surface area contributed by atoms with Crippen molar-refractivity contribution in [2.24, 2.45) is 11.7 Å². The molecule has 4 N–H and O–H groups in total. The molecule has 1 aliphatic heterocycles. The zero-order chi connectivity index (χ0) is 16.9. The van der Waals surface area contributed by atoms with Crippen molar-refractivity contribution in [2.75, 3.05) is 17.6 Å². The Balaban J connectivity index is 1.71. The van der Waals surface area contributed by atoms with Gasteiger partial charge in [0.25, 0.3) is 5.91 Å². The first-order valence-electron chi connectivity index (χ1n) is 8.75. The van der Waals surface area contributed by atoms with Crippen LogP contribution in [0.15, 0.2) is 23.1 Å². The molecule has 5 nitrogen and oxygen atoms in total. The van der Waals surface area contributed by atoms with Crippen LogP contribution in [0.4, 0.5) is 5.69 Å². The number of thioether (sulfide) groups is 1. The number of anilines is 1. The van der Waals surface area contributed by atoms with Gasteiger partial charge >= 0.3 is 0 Å². The second kappa shape index (κ2) is 8.03. The third-order valence-electron chi connectivity index (χ3n) is 4.89. The maximum Gasteiger partial charge on any atom is 0.251 e. The topological polar surface area (TPSA) is 84.2 Å². The van der Waals surface area contributed by atoms with Crippen molar-refractivity contribution in [2.45, 2.75) is 49.5 Å². The van der Waals surface area contributed by atoms with E-state index in [1.807, 2.05) is 12.1 Å². The third kappa shape index (κ3) is 4.11. The van der Waals surface area contributed by atoms with E-state index in [1.54, 1.807) is 17.8 Å². The maximum absolute atomic E-state index is 12.6. The van der Waals surface area contributed by atoms with Gasteiger partial charge in [-0.2, -0.15) is 0 Å². The molecule has 0 bridgehead atoms. The summed E-state index contributed by atoms with van der Waals surface area (Å²) in [5.74, 6) is 1.13. The number of benzene rings is 1. The van der Waals surface area contributed by atoms with E-state index in [4.69, 9.17) is 5.73 Å². The zero-order valence-electron chi connectivity index (χ0n) is 13.8. The minimum Gasteiger partial charge on any atom is -0.348 e. The summed E-state index contributed by atoms with van der Waals surface area (Å²) >= 11 is 1.64. The molecule has 24 heavy (non-hydrogen) atoms. The molecule has 3 rings (SSSR count). The smallest absolute Gasteiger partial charge is 0.251 e. The van der Waals surface area contributed by atoms with Crippen LogP contribution in [0.5, 0.6) is 0 Å². The second-order valence-corrected chi connectivity index (χ2v) is 7.71. The number of nitrogens with two attached hydrogens (primary N) is 1. The molecule has 0 radical (unpaired) electrons. The van der Waals surface area contributed by atoms with Crippen LogP contribution in [0.1, 0.15) is 48.9 Å². The summed E-state index contributed by atoms with van der Waals surface area (Å²) in [7, 11) is 0. The number of nitrogens with one attached hydrogen (secondary N) is 2. The summed E-state index contributed by atoms with van der Waals surface area (Å²) in [5, 5.41) is 5.99. The van der Waals surface area contributed by atoms with Gasteiger partial charge in [-0.25, -0.2) is 0 Å². The lowest BCUT2D eigenvalue weighted by Crippen LogP contribution is -2.45. The Kier molecular flexibility index (Phi) is 5.79. The summed E-state index contributed by atoms with van der Waals surface area (Å²) in [5.41, 5.74) is 7.21. The van der Waals surface area contributed by atoms with E-state index in [0.717, 1.165) is 29.2 Å². The number of carbonyl (C=O) groups is 2. The predicted molar refractivity (Wildman–Crippen MR) is 97.3 cm³/mol. The molecule has 6 heteroatoms. The second-order valence-electron chi connectivity index (χ2n) is 6.57. The summed E-state index contributed by atoms with van der Waals surface area (Å²) in [4.78, 5) is 25.4. The van der Waals surface area contributed by atoms with Crippen molar-refractivity contribution in [3.63, 3.8) is 0 Å². The van der Waals surface area contributed by atoms with E-state index >= 15 is 0 Å². The molecule has 1 fully saturated rings. The van der Waals surface area contributed by atoms with E-state index < -0.39 is 0 Å². The fourth-order valence-electron chi connectivity index (χ4n) is 3.52. The van der Waals surface area contributed by atoms with Crippen LogP contribution in [0.3, 0.4) is 0 Å². The first kappa shape index (κ1) is 17.3. The fourth-order valence-corrected chi connectivity index (χ4v) is 4.46. The Morgan fingerprint density at radius 1 is 1.33 bits per heavy atom. The average Bonchev–Trinajstić information content (AvgIpc) is 2.80. The summed E-state index contributed by atoms with van der Waals surface area (Å²) in [6, 6.07) is 5.54. The number of rotatable bonds is 4. The molecule has 1 atom stereocenters. The lowest BCUT2D eigenvalue weighted by atomic mass is 9.84. The molecule has 2 aliphatic rings. The fraction of sp³-hybridized carbons (Fsp3) is 0.556. The molecule has 1 heterocycles. The quantitative estimate of drug-likeness (QED) is 0.782. The molecule has 0 spiro atoms. The highest BCUT2D eigenvalue weighted by molar-refractivity contribution is 7.99. The maximum atomic E-state index is 12.6. The normalized spacial score (nSPS) is 19.8. The average molecular weight is 347 g/mol. The number of amides is 2. The van der Waals surface area contributed by atoms with Gasteiger partial charge < -0.3 is 16.4 Å². The highest BCUT2D eigenvalue weighted by atomic mass is 32.2. The van der Waals surface area contributed by atoms with Crippen LogP contribution in [-0.2, 0) is 4.79 Å². The van der Waals surface area contributed by atoms with E-state index in [0.29, 0.717) is 24.4 Å². The minimum atomic E-state index is -0.109. The van der Waals surface area contributed by atoms with Crippen LogP contribution in [0.2, 0.25) is 0 Å². The van der Waals surface area contributed by atoms with Gasteiger partial charge in [0, 0.05) is 35.2 Å².